The summed E-state index contributed by atoms with van der Waals surface area (Å²) in [6.07, 6.45) is 7.69. The Labute approximate surface area is 234 Å². The number of aromatic nitrogens is 1. The second kappa shape index (κ2) is 8.73. The van der Waals surface area contributed by atoms with Gasteiger partial charge in [0.15, 0.2) is 17.6 Å². The van der Waals surface area contributed by atoms with Gasteiger partial charge in [0.2, 0.25) is 5.91 Å². The molecule has 2 aromatic carbocycles. The monoisotopic (exact) mass is 541 g/mol. The highest BCUT2D eigenvalue weighted by Crippen LogP contribution is 2.69. The molecule has 7 heteroatoms. The lowest BCUT2D eigenvalue weighted by Crippen LogP contribution is -2.74. The second-order valence-electron chi connectivity index (χ2n) is 13.0. The molecule has 3 heterocycles. The van der Waals surface area contributed by atoms with Crippen molar-refractivity contribution in [2.45, 2.75) is 87.9 Å². The van der Waals surface area contributed by atoms with Crippen LogP contribution < -0.4 is 10.1 Å². The fourth-order valence-electron chi connectivity index (χ4n) is 8.60. The van der Waals surface area contributed by atoms with Crippen LogP contribution in [0.15, 0.2) is 30.3 Å². The van der Waals surface area contributed by atoms with Gasteiger partial charge in [0, 0.05) is 48.4 Å². The van der Waals surface area contributed by atoms with Crippen molar-refractivity contribution in [1.82, 2.24) is 15.2 Å². The minimum atomic E-state index is -0.984. The number of rotatable bonds is 8. The van der Waals surface area contributed by atoms with E-state index < -0.39 is 11.0 Å². The lowest BCUT2D eigenvalue weighted by Gasteiger charge is -2.62. The molecule has 2 aliphatic heterocycles. The molecule has 3 aromatic rings. The van der Waals surface area contributed by atoms with Crippen LogP contribution >= 0.6 is 0 Å². The lowest BCUT2D eigenvalue weighted by atomic mass is 9.49. The van der Waals surface area contributed by atoms with Crippen LogP contribution in [0.1, 0.15) is 79.5 Å². The van der Waals surface area contributed by atoms with Gasteiger partial charge in [-0.15, -0.1) is 0 Å². The quantitative estimate of drug-likeness (QED) is 0.339. The molecule has 1 aromatic heterocycles. The number of ether oxygens (including phenoxy) is 1. The Balaban J connectivity index is 1.19. The van der Waals surface area contributed by atoms with E-state index in [0.717, 1.165) is 78.8 Å². The summed E-state index contributed by atoms with van der Waals surface area (Å²) in [5, 5.41) is 28.1. The zero-order valence-electron chi connectivity index (χ0n) is 23.3. The number of phenolic OH excluding ortho intramolecular Hbond substituents is 1. The van der Waals surface area contributed by atoms with Crippen LogP contribution in [-0.4, -0.2) is 57.3 Å². The van der Waals surface area contributed by atoms with Crippen molar-refractivity contribution < 1.29 is 19.7 Å². The van der Waals surface area contributed by atoms with Crippen LogP contribution in [0.3, 0.4) is 0 Å². The number of nitrogens with one attached hydrogen (secondary N) is 2. The van der Waals surface area contributed by atoms with Gasteiger partial charge in [-0.2, -0.15) is 0 Å². The normalized spacial score (nSPS) is 29.6. The predicted octanol–water partition coefficient (Wildman–Crippen LogP) is 4.42. The zero-order chi connectivity index (χ0) is 27.2. The Kier molecular flexibility index (Phi) is 5.40. The highest BCUT2D eigenvalue weighted by Gasteiger charge is 2.72. The molecule has 2 fully saturated rings. The SMILES string of the molecule is CCCCC(=O)NCCc1ccc2[nH]c3c(c2c1)C[C@@]1(O)[C@H]2Cc4ccc(O)c5c4[C@@]1(CCN2CC1CC1)[C@H]3O5. The molecule has 0 radical (unpaired) electrons. The third-order valence-electron chi connectivity index (χ3n) is 10.7. The first-order valence-corrected chi connectivity index (χ1v) is 15.3. The van der Waals surface area contributed by atoms with E-state index in [2.05, 4.69) is 46.4 Å². The van der Waals surface area contributed by atoms with Crippen molar-refractivity contribution in [2.24, 2.45) is 5.92 Å². The molecule has 210 valence electrons. The molecule has 8 rings (SSSR count). The Hall–Kier alpha value is -3.03. The number of carbonyl (C=O) groups excluding carboxylic acids is 1. The van der Waals surface area contributed by atoms with E-state index in [-0.39, 0.29) is 23.8 Å². The number of H-pyrrole nitrogens is 1. The molecule has 1 spiro atoms. The van der Waals surface area contributed by atoms with Crippen LogP contribution in [0.4, 0.5) is 0 Å². The molecule has 3 aliphatic carbocycles. The number of fused-ring (bicyclic) bond motifs is 4. The largest absolute Gasteiger partial charge is 0.504 e. The van der Waals surface area contributed by atoms with Crippen LogP contribution in [0.5, 0.6) is 11.5 Å². The predicted molar refractivity (Wildman–Crippen MR) is 153 cm³/mol. The summed E-state index contributed by atoms with van der Waals surface area (Å²) in [5.74, 6) is 1.61. The Morgan fingerprint density at radius 2 is 2.12 bits per heavy atom. The minimum Gasteiger partial charge on any atom is -0.504 e. The first-order chi connectivity index (χ1) is 19.4. The molecular weight excluding hydrogens is 502 g/mol. The Morgan fingerprint density at radius 3 is 2.95 bits per heavy atom. The summed E-state index contributed by atoms with van der Waals surface area (Å²) in [4.78, 5) is 18.4. The average Bonchev–Trinajstić information content (AvgIpc) is 3.59. The van der Waals surface area contributed by atoms with Crippen molar-refractivity contribution in [2.75, 3.05) is 19.6 Å². The molecule has 1 amide bonds. The van der Waals surface area contributed by atoms with E-state index >= 15 is 0 Å². The Bertz CT molecular complexity index is 1530. The molecule has 1 saturated carbocycles. The van der Waals surface area contributed by atoms with Crippen LogP contribution in [-0.2, 0) is 29.5 Å². The van der Waals surface area contributed by atoms with Crippen molar-refractivity contribution in [3.05, 3.63) is 58.3 Å². The van der Waals surface area contributed by atoms with Gasteiger partial charge in [-0.25, -0.2) is 0 Å². The van der Waals surface area contributed by atoms with E-state index in [1.54, 1.807) is 6.07 Å². The van der Waals surface area contributed by atoms with Crippen molar-refractivity contribution in [3.63, 3.8) is 0 Å². The maximum absolute atomic E-state index is 13.0. The molecule has 1 saturated heterocycles. The van der Waals surface area contributed by atoms with Crippen molar-refractivity contribution in [1.29, 1.82) is 0 Å². The molecule has 4 N–H and O–H groups in total. The third kappa shape index (κ3) is 3.34. The van der Waals surface area contributed by atoms with Gasteiger partial charge in [-0.3, -0.25) is 9.69 Å². The van der Waals surface area contributed by atoms with E-state index in [1.165, 1.54) is 24.0 Å². The second-order valence-corrected chi connectivity index (χ2v) is 13.0. The molecule has 0 unspecified atom stereocenters. The zero-order valence-corrected chi connectivity index (χ0v) is 23.3. The van der Waals surface area contributed by atoms with E-state index in [9.17, 15) is 15.0 Å². The van der Waals surface area contributed by atoms with E-state index in [4.69, 9.17) is 4.74 Å². The minimum absolute atomic E-state index is 0.0237. The van der Waals surface area contributed by atoms with Gasteiger partial charge in [0.25, 0.3) is 0 Å². The number of aromatic hydroxyl groups is 1. The standard InChI is InChI=1S/C33H39N3O4/c1-2-3-4-27(38)34-13-11-19-7-9-24-22(15-19)23-17-33(39)26-16-21-8-10-25(37)30-28(21)32(33,31(40-30)29(23)35-24)12-14-36(26)18-20-5-6-20/h7-10,15,20,26,31,35,37,39H,2-6,11-14,16-18H2,1H3,(H,34,38)/t26-,31+,32+,33-/m1/s1. The van der Waals surface area contributed by atoms with Gasteiger partial charge in [0.05, 0.1) is 16.7 Å². The number of benzene rings is 2. The smallest absolute Gasteiger partial charge is 0.220 e. The number of carbonyl (C=O) groups is 1. The molecular formula is C33H39N3O4. The van der Waals surface area contributed by atoms with Crippen molar-refractivity contribution >= 4 is 16.8 Å². The van der Waals surface area contributed by atoms with Crippen LogP contribution in [0, 0.1) is 5.92 Å². The van der Waals surface area contributed by atoms with Gasteiger partial charge in [-0.1, -0.05) is 25.5 Å². The number of amides is 1. The van der Waals surface area contributed by atoms with Gasteiger partial charge in [-0.05, 0) is 85.9 Å². The number of piperidine rings is 1. The lowest BCUT2D eigenvalue weighted by molar-refractivity contribution is -0.173. The summed E-state index contributed by atoms with van der Waals surface area (Å²) < 4.78 is 6.71. The van der Waals surface area contributed by atoms with Gasteiger partial charge >= 0.3 is 0 Å². The number of unbranched alkanes of at least 4 members (excludes halogenated alkanes) is 1. The summed E-state index contributed by atoms with van der Waals surface area (Å²) >= 11 is 0. The fraction of sp³-hybridized carbons (Fsp3) is 0.545. The van der Waals surface area contributed by atoms with Gasteiger partial charge < -0.3 is 25.3 Å². The summed E-state index contributed by atoms with van der Waals surface area (Å²) in [6.45, 7) is 4.72. The maximum atomic E-state index is 13.0. The van der Waals surface area contributed by atoms with Crippen LogP contribution in [0.25, 0.3) is 10.9 Å². The number of aliphatic hydroxyl groups is 1. The number of hydrogen-bond acceptors (Lipinski definition) is 5. The number of phenols is 1. The van der Waals surface area contributed by atoms with Crippen LogP contribution in [0.2, 0.25) is 0 Å². The summed E-state index contributed by atoms with van der Waals surface area (Å²) in [7, 11) is 0. The number of likely N-dealkylation sites (tertiary alicyclic amines) is 1. The number of hydrogen-bond donors (Lipinski definition) is 4. The highest BCUT2D eigenvalue weighted by molar-refractivity contribution is 5.87. The fourth-order valence-corrected chi connectivity index (χ4v) is 8.60. The molecule has 7 nitrogen and oxygen atoms in total. The van der Waals surface area contributed by atoms with E-state index in [0.29, 0.717) is 25.1 Å². The average molecular weight is 542 g/mol. The summed E-state index contributed by atoms with van der Waals surface area (Å²) in [5.41, 5.74) is 5.11. The van der Waals surface area contributed by atoms with Crippen molar-refractivity contribution in [3.8, 4) is 11.5 Å². The van der Waals surface area contributed by atoms with E-state index in [1.807, 2.05) is 0 Å². The first kappa shape index (κ1) is 24.7. The Morgan fingerprint density at radius 1 is 1.25 bits per heavy atom. The molecule has 40 heavy (non-hydrogen) atoms. The molecule has 5 aliphatic rings. The number of aromatic amines is 1. The maximum Gasteiger partial charge on any atom is 0.220 e. The highest BCUT2D eigenvalue weighted by atomic mass is 16.5. The topological polar surface area (TPSA) is 97.8 Å². The molecule has 2 bridgehead atoms. The molecule has 4 atom stereocenters. The third-order valence-corrected chi connectivity index (χ3v) is 10.7. The first-order valence-electron chi connectivity index (χ1n) is 15.3. The summed E-state index contributed by atoms with van der Waals surface area (Å²) in [6, 6.07) is 10.3. The number of nitrogens with zero attached hydrogens (tertiary/aromatic N) is 1. The van der Waals surface area contributed by atoms with Gasteiger partial charge in [0.1, 0.15) is 0 Å².